The average Bonchev–Trinajstić information content (AvgIpc) is 2.38. The molecule has 0 bridgehead atoms. The Morgan fingerprint density at radius 1 is 1.25 bits per heavy atom. The summed E-state index contributed by atoms with van der Waals surface area (Å²) < 4.78 is 0. The van der Waals surface area contributed by atoms with Crippen LogP contribution in [0.15, 0.2) is 24.3 Å². The van der Waals surface area contributed by atoms with Crippen molar-refractivity contribution in [2.75, 3.05) is 5.32 Å². The molecule has 110 valence electrons. The van der Waals surface area contributed by atoms with Crippen LogP contribution in [0.1, 0.15) is 38.7 Å². The Kier molecular flexibility index (Phi) is 6.22. The molecule has 20 heavy (non-hydrogen) atoms. The lowest BCUT2D eigenvalue weighted by Gasteiger charge is -2.19. The molecule has 0 radical (unpaired) electrons. The van der Waals surface area contributed by atoms with Crippen LogP contribution in [-0.2, 0) is 9.59 Å². The minimum absolute atomic E-state index is 0.135. The molecule has 1 aromatic rings. The summed E-state index contributed by atoms with van der Waals surface area (Å²) in [6.45, 7) is 5.76. The van der Waals surface area contributed by atoms with Crippen LogP contribution in [-0.4, -0.2) is 17.0 Å². The molecule has 0 fully saturated rings. The van der Waals surface area contributed by atoms with Gasteiger partial charge in [-0.25, -0.2) is 0 Å². The van der Waals surface area contributed by atoms with Gasteiger partial charge in [-0.2, -0.15) is 0 Å². The van der Waals surface area contributed by atoms with E-state index in [-0.39, 0.29) is 18.2 Å². The van der Waals surface area contributed by atoms with E-state index >= 15 is 0 Å². The third-order valence-corrected chi connectivity index (χ3v) is 3.45. The van der Waals surface area contributed by atoms with Crippen LogP contribution in [0, 0.1) is 18.8 Å². The van der Waals surface area contributed by atoms with Crippen molar-refractivity contribution >= 4 is 17.6 Å². The van der Waals surface area contributed by atoms with Crippen LogP contribution < -0.4 is 5.32 Å². The van der Waals surface area contributed by atoms with Gasteiger partial charge in [0.25, 0.3) is 0 Å². The Morgan fingerprint density at radius 3 is 2.35 bits per heavy atom. The van der Waals surface area contributed by atoms with Gasteiger partial charge in [-0.3, -0.25) is 9.59 Å². The normalized spacial score (nSPS) is 13.6. The van der Waals surface area contributed by atoms with Crippen molar-refractivity contribution in [3.8, 4) is 0 Å². The van der Waals surface area contributed by atoms with Crippen LogP contribution >= 0.6 is 0 Å². The number of aryl methyl sites for hydroxylation is 1. The van der Waals surface area contributed by atoms with E-state index in [0.717, 1.165) is 17.7 Å². The molecule has 4 heteroatoms. The fourth-order valence-corrected chi connectivity index (χ4v) is 2.25. The predicted octanol–water partition coefficient (Wildman–Crippen LogP) is 3.46. The maximum absolute atomic E-state index is 11.9. The standard InChI is InChI=1S/C16H23NO3/c1-4-5-14(16(19)20)12(3)10-15(18)17-13-8-6-11(2)7-9-13/h6-9,12,14H,4-5,10H2,1-3H3,(H,17,18)(H,19,20)/t12-,14-/m0/s1. The molecule has 2 N–H and O–H groups in total. The second kappa shape index (κ2) is 7.68. The van der Waals surface area contributed by atoms with Gasteiger partial charge in [0.2, 0.25) is 5.91 Å². The summed E-state index contributed by atoms with van der Waals surface area (Å²) in [5, 5.41) is 12.0. The van der Waals surface area contributed by atoms with Crippen molar-refractivity contribution in [1.29, 1.82) is 0 Å². The zero-order valence-electron chi connectivity index (χ0n) is 12.3. The smallest absolute Gasteiger partial charge is 0.306 e. The number of amides is 1. The van der Waals surface area contributed by atoms with E-state index in [0.29, 0.717) is 6.42 Å². The number of carboxylic acids is 1. The number of aliphatic carboxylic acids is 1. The minimum Gasteiger partial charge on any atom is -0.481 e. The number of benzene rings is 1. The minimum atomic E-state index is -0.817. The first kappa shape index (κ1) is 16.2. The lowest BCUT2D eigenvalue weighted by atomic mass is 9.87. The molecule has 0 spiro atoms. The van der Waals surface area contributed by atoms with Crippen molar-refractivity contribution in [3.05, 3.63) is 29.8 Å². The first-order valence-electron chi connectivity index (χ1n) is 7.03. The molecule has 4 nitrogen and oxygen atoms in total. The van der Waals surface area contributed by atoms with Crippen molar-refractivity contribution in [2.45, 2.75) is 40.0 Å². The molecule has 0 aliphatic rings. The Labute approximate surface area is 120 Å². The van der Waals surface area contributed by atoms with Gasteiger partial charge in [-0.15, -0.1) is 0 Å². The Morgan fingerprint density at radius 2 is 1.85 bits per heavy atom. The fraction of sp³-hybridized carbons (Fsp3) is 0.500. The lowest BCUT2D eigenvalue weighted by Crippen LogP contribution is -2.25. The number of carbonyl (C=O) groups excluding carboxylic acids is 1. The third kappa shape index (κ3) is 5.03. The Balaban J connectivity index is 2.56. The molecule has 0 unspecified atom stereocenters. The van der Waals surface area contributed by atoms with Gasteiger partial charge in [-0.05, 0) is 31.4 Å². The maximum Gasteiger partial charge on any atom is 0.306 e. The molecular weight excluding hydrogens is 254 g/mol. The zero-order chi connectivity index (χ0) is 15.1. The number of carboxylic acid groups (broad SMARTS) is 1. The zero-order valence-corrected chi connectivity index (χ0v) is 12.3. The van der Waals surface area contributed by atoms with Crippen molar-refractivity contribution < 1.29 is 14.7 Å². The van der Waals surface area contributed by atoms with Gasteiger partial charge in [0.05, 0.1) is 5.92 Å². The first-order valence-corrected chi connectivity index (χ1v) is 7.03. The summed E-state index contributed by atoms with van der Waals surface area (Å²) in [6, 6.07) is 7.55. The molecule has 2 atom stereocenters. The number of hydrogen-bond donors (Lipinski definition) is 2. The van der Waals surface area contributed by atoms with Crippen LogP contribution in [0.4, 0.5) is 5.69 Å². The third-order valence-electron chi connectivity index (χ3n) is 3.45. The maximum atomic E-state index is 11.9. The number of rotatable bonds is 7. The lowest BCUT2D eigenvalue weighted by molar-refractivity contribution is -0.144. The summed E-state index contributed by atoms with van der Waals surface area (Å²) in [4.78, 5) is 23.1. The SMILES string of the molecule is CCC[C@H](C(=O)O)[C@@H](C)CC(=O)Nc1ccc(C)cc1. The fourth-order valence-electron chi connectivity index (χ4n) is 2.25. The van der Waals surface area contributed by atoms with Gasteiger partial charge in [-0.1, -0.05) is 38.0 Å². The number of nitrogens with one attached hydrogen (secondary N) is 1. The number of anilines is 1. The molecule has 1 amide bonds. The molecule has 0 aliphatic carbocycles. The average molecular weight is 277 g/mol. The van der Waals surface area contributed by atoms with Crippen LogP contribution in [0.2, 0.25) is 0 Å². The quantitative estimate of drug-likeness (QED) is 0.802. The summed E-state index contributed by atoms with van der Waals surface area (Å²) >= 11 is 0. The molecule has 0 heterocycles. The van der Waals surface area contributed by atoms with Gasteiger partial charge >= 0.3 is 5.97 Å². The highest BCUT2D eigenvalue weighted by Crippen LogP contribution is 2.22. The highest BCUT2D eigenvalue weighted by Gasteiger charge is 2.25. The van der Waals surface area contributed by atoms with Crippen LogP contribution in [0.3, 0.4) is 0 Å². The van der Waals surface area contributed by atoms with Gasteiger partial charge in [0.15, 0.2) is 0 Å². The first-order chi connectivity index (χ1) is 9.43. The van der Waals surface area contributed by atoms with Crippen molar-refractivity contribution in [3.63, 3.8) is 0 Å². The summed E-state index contributed by atoms with van der Waals surface area (Å²) in [6.07, 6.45) is 1.64. The number of carbonyl (C=O) groups is 2. The molecule has 0 saturated carbocycles. The molecular formula is C16H23NO3. The van der Waals surface area contributed by atoms with E-state index in [1.165, 1.54) is 0 Å². The molecule has 1 aromatic carbocycles. The molecule has 0 saturated heterocycles. The summed E-state index contributed by atoms with van der Waals surface area (Å²) in [5.41, 5.74) is 1.88. The second-order valence-electron chi connectivity index (χ2n) is 5.33. The van der Waals surface area contributed by atoms with Crippen molar-refractivity contribution in [1.82, 2.24) is 0 Å². The van der Waals surface area contributed by atoms with E-state index in [9.17, 15) is 14.7 Å². The van der Waals surface area contributed by atoms with E-state index in [4.69, 9.17) is 0 Å². The highest BCUT2D eigenvalue weighted by atomic mass is 16.4. The largest absolute Gasteiger partial charge is 0.481 e. The van der Waals surface area contributed by atoms with Crippen molar-refractivity contribution in [2.24, 2.45) is 11.8 Å². The second-order valence-corrected chi connectivity index (χ2v) is 5.33. The highest BCUT2D eigenvalue weighted by molar-refractivity contribution is 5.91. The molecule has 0 aliphatic heterocycles. The van der Waals surface area contributed by atoms with Crippen LogP contribution in [0.5, 0.6) is 0 Å². The molecule has 0 aromatic heterocycles. The molecule has 1 rings (SSSR count). The predicted molar refractivity (Wildman–Crippen MR) is 79.6 cm³/mol. The van der Waals surface area contributed by atoms with Gasteiger partial charge < -0.3 is 10.4 Å². The monoisotopic (exact) mass is 277 g/mol. The van der Waals surface area contributed by atoms with E-state index < -0.39 is 11.9 Å². The van der Waals surface area contributed by atoms with Gasteiger partial charge in [0.1, 0.15) is 0 Å². The topological polar surface area (TPSA) is 66.4 Å². The van der Waals surface area contributed by atoms with Crippen LogP contribution in [0.25, 0.3) is 0 Å². The van der Waals surface area contributed by atoms with E-state index in [2.05, 4.69) is 5.32 Å². The Hall–Kier alpha value is -1.84. The summed E-state index contributed by atoms with van der Waals surface area (Å²) in [7, 11) is 0. The Bertz CT molecular complexity index is 453. The van der Waals surface area contributed by atoms with Gasteiger partial charge in [0, 0.05) is 12.1 Å². The van der Waals surface area contributed by atoms with E-state index in [1.807, 2.05) is 45.0 Å². The van der Waals surface area contributed by atoms with E-state index in [1.54, 1.807) is 0 Å². The number of hydrogen-bond acceptors (Lipinski definition) is 2. The summed E-state index contributed by atoms with van der Waals surface area (Å²) in [5.74, 6) is -1.58.